The minimum atomic E-state index is 0.307. The van der Waals surface area contributed by atoms with E-state index in [0.717, 1.165) is 17.4 Å². The molecule has 2 aromatic rings. The van der Waals surface area contributed by atoms with Crippen LogP contribution in [-0.2, 0) is 13.0 Å². The third-order valence-corrected chi connectivity index (χ3v) is 4.06. The lowest BCUT2D eigenvalue weighted by molar-refractivity contribution is 0.112. The van der Waals surface area contributed by atoms with Crippen LogP contribution in [-0.4, -0.2) is 12.9 Å². The van der Waals surface area contributed by atoms with Crippen LogP contribution in [0, 0.1) is 0 Å². The Bertz CT molecular complexity index is 742. The monoisotopic (exact) mass is 364 g/mol. The van der Waals surface area contributed by atoms with Crippen molar-refractivity contribution < 1.29 is 14.3 Å². The summed E-state index contributed by atoms with van der Waals surface area (Å²) in [7, 11) is 0. The quantitative estimate of drug-likeness (QED) is 0.457. The van der Waals surface area contributed by atoms with Gasteiger partial charge in [0.05, 0.1) is 16.7 Å². The van der Waals surface area contributed by atoms with Crippen LogP contribution in [0.3, 0.4) is 0 Å². The van der Waals surface area contributed by atoms with Gasteiger partial charge in [0.1, 0.15) is 12.9 Å². The molecule has 0 amide bonds. The Kier molecular flexibility index (Phi) is 6.71. The van der Waals surface area contributed by atoms with Gasteiger partial charge in [-0.05, 0) is 43.2 Å². The molecule has 0 heterocycles. The summed E-state index contributed by atoms with van der Waals surface area (Å²) >= 11 is 12.0. The van der Waals surface area contributed by atoms with E-state index >= 15 is 0 Å². The second-order valence-corrected chi connectivity index (χ2v) is 5.90. The highest BCUT2D eigenvalue weighted by molar-refractivity contribution is 6.42. The number of aldehydes is 1. The lowest BCUT2D eigenvalue weighted by Gasteiger charge is -2.16. The highest BCUT2D eigenvalue weighted by atomic mass is 35.5. The maximum absolute atomic E-state index is 11.1. The van der Waals surface area contributed by atoms with E-state index in [2.05, 4.69) is 6.58 Å². The summed E-state index contributed by atoms with van der Waals surface area (Å²) in [6.45, 7) is 6.41. The fourth-order valence-corrected chi connectivity index (χ4v) is 2.59. The van der Waals surface area contributed by atoms with Gasteiger partial charge >= 0.3 is 0 Å². The first kappa shape index (κ1) is 18.4. The maximum Gasteiger partial charge on any atom is 0.165 e. The van der Waals surface area contributed by atoms with Gasteiger partial charge in [-0.3, -0.25) is 4.79 Å². The van der Waals surface area contributed by atoms with Gasteiger partial charge in [0.25, 0.3) is 0 Å². The van der Waals surface area contributed by atoms with Gasteiger partial charge in [0, 0.05) is 11.1 Å². The van der Waals surface area contributed by atoms with Crippen molar-refractivity contribution >= 4 is 29.5 Å². The third kappa shape index (κ3) is 4.53. The summed E-state index contributed by atoms with van der Waals surface area (Å²) in [5.41, 5.74) is 2.27. The minimum Gasteiger partial charge on any atom is -0.490 e. The molecule has 0 bridgehead atoms. The zero-order valence-corrected chi connectivity index (χ0v) is 14.9. The highest BCUT2D eigenvalue weighted by Gasteiger charge is 2.13. The van der Waals surface area contributed by atoms with Crippen LogP contribution >= 0.6 is 23.2 Å². The molecule has 0 aliphatic carbocycles. The Morgan fingerprint density at radius 2 is 1.92 bits per heavy atom. The smallest absolute Gasteiger partial charge is 0.165 e. The largest absolute Gasteiger partial charge is 0.490 e. The van der Waals surface area contributed by atoms with Crippen LogP contribution in [0.15, 0.2) is 43.0 Å². The van der Waals surface area contributed by atoms with Crippen molar-refractivity contribution in [2.45, 2.75) is 20.0 Å². The number of carbonyl (C=O) groups excluding carboxylic acids is 1. The average molecular weight is 365 g/mol. The number of ether oxygens (including phenoxy) is 2. The second kappa shape index (κ2) is 8.76. The van der Waals surface area contributed by atoms with Gasteiger partial charge in [-0.1, -0.05) is 35.3 Å². The molecule has 126 valence electrons. The number of allylic oxidation sites excluding steroid dienone is 1. The van der Waals surface area contributed by atoms with Gasteiger partial charge in [-0.15, -0.1) is 6.58 Å². The first-order valence-corrected chi connectivity index (χ1v) is 8.27. The molecule has 0 spiro atoms. The summed E-state index contributed by atoms with van der Waals surface area (Å²) in [6, 6.07) is 8.79. The van der Waals surface area contributed by atoms with Gasteiger partial charge in [0.15, 0.2) is 11.5 Å². The fraction of sp³-hybridized carbons (Fsp3) is 0.211. The second-order valence-electron chi connectivity index (χ2n) is 5.09. The number of hydrogen-bond acceptors (Lipinski definition) is 3. The molecule has 0 aliphatic heterocycles. The van der Waals surface area contributed by atoms with Crippen LogP contribution in [0.5, 0.6) is 11.5 Å². The average Bonchev–Trinajstić information content (AvgIpc) is 2.57. The highest BCUT2D eigenvalue weighted by Crippen LogP contribution is 2.34. The van der Waals surface area contributed by atoms with Gasteiger partial charge in [-0.25, -0.2) is 0 Å². The van der Waals surface area contributed by atoms with Gasteiger partial charge in [0.2, 0.25) is 0 Å². The molecule has 0 saturated carbocycles. The number of benzene rings is 2. The predicted octanol–water partition coefficient (Wildman–Crippen LogP) is 5.51. The van der Waals surface area contributed by atoms with Crippen molar-refractivity contribution in [1.82, 2.24) is 0 Å². The molecular weight excluding hydrogens is 347 g/mol. The standard InChI is InChI=1S/C19H18Cl2O3/c1-3-5-15-8-14(11-22)10-18(23-4-2)19(15)24-12-13-6-7-16(20)17(21)9-13/h3,6-11H,1,4-5,12H2,2H3. The van der Waals surface area contributed by atoms with Crippen LogP contribution < -0.4 is 9.47 Å². The molecule has 2 rings (SSSR count). The molecule has 0 aromatic heterocycles. The molecular formula is C19H18Cl2O3. The molecule has 5 heteroatoms. The number of carbonyl (C=O) groups is 1. The van der Waals surface area contributed by atoms with Crippen molar-refractivity contribution in [2.24, 2.45) is 0 Å². The van der Waals surface area contributed by atoms with Crippen LogP contribution in [0.1, 0.15) is 28.4 Å². The summed E-state index contributed by atoms with van der Waals surface area (Å²) in [5.74, 6) is 1.15. The zero-order valence-electron chi connectivity index (χ0n) is 13.4. The van der Waals surface area contributed by atoms with Crippen LogP contribution in [0.4, 0.5) is 0 Å². The Morgan fingerprint density at radius 3 is 2.54 bits per heavy atom. The van der Waals surface area contributed by atoms with Gasteiger partial charge in [-0.2, -0.15) is 0 Å². The number of halogens is 2. The lowest BCUT2D eigenvalue weighted by atomic mass is 10.1. The Labute approximate surface area is 151 Å². The maximum atomic E-state index is 11.1. The van der Waals surface area contributed by atoms with E-state index in [1.54, 1.807) is 30.3 Å². The first-order chi connectivity index (χ1) is 11.6. The van der Waals surface area contributed by atoms with E-state index < -0.39 is 0 Å². The molecule has 0 radical (unpaired) electrons. The van der Waals surface area contributed by atoms with Crippen molar-refractivity contribution in [3.63, 3.8) is 0 Å². The van der Waals surface area contributed by atoms with E-state index in [1.807, 2.05) is 13.0 Å². The van der Waals surface area contributed by atoms with E-state index in [1.165, 1.54) is 0 Å². The molecule has 0 atom stereocenters. The Hall–Kier alpha value is -1.97. The Balaban J connectivity index is 2.33. The van der Waals surface area contributed by atoms with E-state index in [0.29, 0.717) is 46.7 Å². The summed E-state index contributed by atoms with van der Waals surface area (Å²) < 4.78 is 11.6. The summed E-state index contributed by atoms with van der Waals surface area (Å²) in [4.78, 5) is 11.1. The molecule has 0 saturated heterocycles. The van der Waals surface area contributed by atoms with Crippen molar-refractivity contribution in [3.8, 4) is 11.5 Å². The van der Waals surface area contributed by atoms with E-state index in [-0.39, 0.29) is 0 Å². The predicted molar refractivity (Wildman–Crippen MR) is 97.7 cm³/mol. The molecule has 0 unspecified atom stereocenters. The number of rotatable bonds is 8. The lowest BCUT2D eigenvalue weighted by Crippen LogP contribution is -2.04. The minimum absolute atomic E-state index is 0.307. The SMILES string of the molecule is C=CCc1cc(C=O)cc(OCC)c1OCc1ccc(Cl)c(Cl)c1. The van der Waals surface area contributed by atoms with Crippen LogP contribution in [0.2, 0.25) is 10.0 Å². The molecule has 0 aliphatic rings. The fourth-order valence-electron chi connectivity index (χ4n) is 2.27. The first-order valence-electron chi connectivity index (χ1n) is 7.51. The van der Waals surface area contributed by atoms with Crippen LogP contribution in [0.25, 0.3) is 0 Å². The van der Waals surface area contributed by atoms with Crippen molar-refractivity contribution in [3.05, 3.63) is 69.7 Å². The van der Waals surface area contributed by atoms with Crippen molar-refractivity contribution in [2.75, 3.05) is 6.61 Å². The zero-order chi connectivity index (χ0) is 17.5. The number of hydrogen-bond donors (Lipinski definition) is 0. The topological polar surface area (TPSA) is 35.5 Å². The molecule has 0 N–H and O–H groups in total. The van der Waals surface area contributed by atoms with Gasteiger partial charge < -0.3 is 9.47 Å². The summed E-state index contributed by atoms with van der Waals surface area (Å²) in [5, 5.41) is 0.975. The third-order valence-electron chi connectivity index (χ3n) is 3.32. The Morgan fingerprint density at radius 1 is 1.12 bits per heavy atom. The van der Waals surface area contributed by atoms with E-state index in [9.17, 15) is 4.79 Å². The molecule has 3 nitrogen and oxygen atoms in total. The molecule has 24 heavy (non-hydrogen) atoms. The molecule has 2 aromatic carbocycles. The molecule has 0 fully saturated rings. The normalized spacial score (nSPS) is 10.3. The van der Waals surface area contributed by atoms with E-state index in [4.69, 9.17) is 32.7 Å². The summed E-state index contributed by atoms with van der Waals surface area (Å²) in [6.07, 6.45) is 3.11. The van der Waals surface area contributed by atoms with Crippen molar-refractivity contribution in [1.29, 1.82) is 0 Å².